The average Bonchev–Trinajstić information content (AvgIpc) is 3.45. The predicted octanol–water partition coefficient (Wildman–Crippen LogP) is 4.27. The number of rotatable bonds is 2. The molecule has 6 fully saturated rings. The molecule has 6 heteroatoms. The number of carbonyl (C=O) groups excluding carboxylic acids is 1. The van der Waals surface area contributed by atoms with Gasteiger partial charge in [0.15, 0.2) is 0 Å². The summed E-state index contributed by atoms with van der Waals surface area (Å²) in [6.07, 6.45) is 8.83. The maximum absolute atomic E-state index is 12.0. The van der Waals surface area contributed by atoms with Crippen LogP contribution in [0, 0.1) is 44.8 Å². The molecule has 0 bridgehead atoms. The Labute approximate surface area is 204 Å². The molecule has 2 spiro atoms. The van der Waals surface area contributed by atoms with E-state index >= 15 is 0 Å². The summed E-state index contributed by atoms with van der Waals surface area (Å²) in [6, 6.07) is 0. The molecule has 1 heterocycles. The number of amides is 1. The van der Waals surface area contributed by atoms with E-state index in [0.717, 1.165) is 25.7 Å². The predicted molar refractivity (Wildman–Crippen MR) is 128 cm³/mol. The summed E-state index contributed by atoms with van der Waals surface area (Å²) in [5, 5.41) is 25.7. The van der Waals surface area contributed by atoms with Crippen LogP contribution in [-0.2, 0) is 9.47 Å². The highest BCUT2D eigenvalue weighted by Gasteiger charge is 2.84. The molecule has 1 amide bonds. The Morgan fingerprint density at radius 1 is 0.971 bits per heavy atom. The van der Waals surface area contributed by atoms with Crippen molar-refractivity contribution in [1.29, 1.82) is 0 Å². The van der Waals surface area contributed by atoms with Gasteiger partial charge in [-0.1, -0.05) is 27.7 Å². The highest BCUT2D eigenvalue weighted by atomic mass is 16.5. The standard InChI is InChI=1S/C28H45NO5/c1-24(2)18-8-9-19-26(4)22(31)21-17(7-6-16(34-21)14-29-23(32)33-5)25(26,3)12-13-28(19)15-27(18,28)11-10-20(24)30/h16-22,30-31H,6-15H2,1-5H3,(H,29,32). The van der Waals surface area contributed by atoms with Crippen molar-refractivity contribution in [3.05, 3.63) is 0 Å². The molecule has 11 unspecified atom stereocenters. The summed E-state index contributed by atoms with van der Waals surface area (Å²) in [4.78, 5) is 11.6. The minimum Gasteiger partial charge on any atom is -0.453 e. The molecule has 192 valence electrons. The van der Waals surface area contributed by atoms with Crippen LogP contribution < -0.4 is 5.32 Å². The summed E-state index contributed by atoms with van der Waals surface area (Å²) < 4.78 is 11.3. The van der Waals surface area contributed by atoms with Gasteiger partial charge in [0.05, 0.1) is 31.5 Å². The van der Waals surface area contributed by atoms with Gasteiger partial charge in [-0.2, -0.15) is 0 Å². The van der Waals surface area contributed by atoms with Crippen molar-refractivity contribution in [2.75, 3.05) is 13.7 Å². The fraction of sp³-hybridized carbons (Fsp3) is 0.964. The first kappa shape index (κ1) is 23.5. The van der Waals surface area contributed by atoms with E-state index in [1.807, 2.05) is 0 Å². The number of nitrogens with one attached hydrogen (secondary N) is 1. The normalized spacial score (nSPS) is 56.7. The summed E-state index contributed by atoms with van der Waals surface area (Å²) in [7, 11) is 1.38. The quantitative estimate of drug-likeness (QED) is 0.555. The summed E-state index contributed by atoms with van der Waals surface area (Å²) in [5.74, 6) is 1.49. The smallest absolute Gasteiger partial charge is 0.406 e. The summed E-state index contributed by atoms with van der Waals surface area (Å²) in [6.45, 7) is 9.91. The Morgan fingerprint density at radius 3 is 2.41 bits per heavy atom. The lowest BCUT2D eigenvalue weighted by molar-refractivity contribution is -0.181. The van der Waals surface area contributed by atoms with Crippen molar-refractivity contribution in [2.24, 2.45) is 44.8 Å². The second-order valence-corrected chi connectivity index (χ2v) is 14.0. The largest absolute Gasteiger partial charge is 0.453 e. The maximum atomic E-state index is 12.0. The van der Waals surface area contributed by atoms with Crippen molar-refractivity contribution in [2.45, 2.75) is 110 Å². The molecule has 0 radical (unpaired) electrons. The molecule has 0 aromatic rings. The minimum atomic E-state index is -0.470. The zero-order valence-corrected chi connectivity index (χ0v) is 21.7. The Kier molecular flexibility index (Phi) is 4.94. The SMILES string of the molecule is COC(=O)NCC1CCC2C(O1)C(O)C1(C)C3CCC4C(C)(C)C(O)CCC45CC35CCC21C. The number of ether oxygens (including phenoxy) is 2. The number of aliphatic hydroxyl groups excluding tert-OH is 2. The molecule has 11 atom stereocenters. The molecule has 0 aromatic heterocycles. The van der Waals surface area contributed by atoms with Gasteiger partial charge in [-0.15, -0.1) is 0 Å². The second kappa shape index (κ2) is 7.13. The molecule has 34 heavy (non-hydrogen) atoms. The minimum absolute atomic E-state index is 0.0143. The second-order valence-electron chi connectivity index (χ2n) is 14.0. The van der Waals surface area contributed by atoms with Crippen molar-refractivity contribution in [3.63, 3.8) is 0 Å². The fourth-order valence-electron chi connectivity index (χ4n) is 11.3. The van der Waals surface area contributed by atoms with E-state index < -0.39 is 12.2 Å². The van der Waals surface area contributed by atoms with E-state index in [9.17, 15) is 15.0 Å². The molecule has 5 aliphatic carbocycles. The first-order valence-electron chi connectivity index (χ1n) is 13.8. The van der Waals surface area contributed by atoms with Crippen LogP contribution in [0.3, 0.4) is 0 Å². The van der Waals surface area contributed by atoms with E-state index in [4.69, 9.17) is 9.47 Å². The first-order chi connectivity index (χ1) is 16.0. The van der Waals surface area contributed by atoms with E-state index in [1.54, 1.807) is 0 Å². The molecule has 6 aliphatic rings. The fourth-order valence-corrected chi connectivity index (χ4v) is 11.3. The highest BCUT2D eigenvalue weighted by Crippen LogP contribution is 2.89. The summed E-state index contributed by atoms with van der Waals surface area (Å²) in [5.41, 5.74) is 0.611. The number of hydrogen-bond acceptors (Lipinski definition) is 5. The lowest BCUT2D eigenvalue weighted by Crippen LogP contribution is -2.59. The average molecular weight is 476 g/mol. The number of carbonyl (C=O) groups is 1. The van der Waals surface area contributed by atoms with Gasteiger partial charge in [0.2, 0.25) is 0 Å². The van der Waals surface area contributed by atoms with Crippen LogP contribution in [-0.4, -0.2) is 54.4 Å². The van der Waals surface area contributed by atoms with Crippen LogP contribution >= 0.6 is 0 Å². The van der Waals surface area contributed by atoms with E-state index in [1.165, 1.54) is 39.2 Å². The molecular weight excluding hydrogens is 430 g/mol. The van der Waals surface area contributed by atoms with Crippen LogP contribution in [0.15, 0.2) is 0 Å². The number of fused-ring (bicyclic) bond motifs is 4. The molecule has 6 rings (SSSR count). The van der Waals surface area contributed by atoms with Gasteiger partial charge in [-0.05, 0) is 97.2 Å². The lowest BCUT2D eigenvalue weighted by atomic mass is 9.41. The first-order valence-corrected chi connectivity index (χ1v) is 13.8. The maximum Gasteiger partial charge on any atom is 0.406 e. The Morgan fingerprint density at radius 2 is 1.68 bits per heavy atom. The van der Waals surface area contributed by atoms with Gasteiger partial charge >= 0.3 is 6.09 Å². The molecule has 1 saturated heterocycles. The summed E-state index contributed by atoms with van der Waals surface area (Å²) >= 11 is 0. The number of alkyl carbamates (subject to hydrolysis) is 1. The van der Waals surface area contributed by atoms with Gasteiger partial charge in [-0.25, -0.2) is 4.79 Å². The number of aliphatic hydroxyl groups is 2. The Hall–Kier alpha value is -0.850. The lowest BCUT2D eigenvalue weighted by Gasteiger charge is -2.63. The number of methoxy groups -OCH3 is 1. The van der Waals surface area contributed by atoms with E-state index in [-0.39, 0.29) is 34.6 Å². The van der Waals surface area contributed by atoms with Gasteiger partial charge < -0.3 is 25.0 Å². The van der Waals surface area contributed by atoms with Crippen molar-refractivity contribution < 1.29 is 24.5 Å². The van der Waals surface area contributed by atoms with Crippen molar-refractivity contribution >= 4 is 6.09 Å². The van der Waals surface area contributed by atoms with E-state index in [0.29, 0.717) is 35.1 Å². The zero-order valence-electron chi connectivity index (χ0n) is 21.7. The van der Waals surface area contributed by atoms with Crippen LogP contribution in [0.1, 0.15) is 85.5 Å². The Bertz CT molecular complexity index is 877. The van der Waals surface area contributed by atoms with Crippen LogP contribution in [0.5, 0.6) is 0 Å². The molecule has 3 N–H and O–H groups in total. The topological polar surface area (TPSA) is 88.0 Å². The van der Waals surface area contributed by atoms with Crippen molar-refractivity contribution in [3.8, 4) is 0 Å². The molecule has 1 aliphatic heterocycles. The van der Waals surface area contributed by atoms with Gasteiger partial charge in [0.25, 0.3) is 0 Å². The monoisotopic (exact) mass is 475 g/mol. The highest BCUT2D eigenvalue weighted by molar-refractivity contribution is 5.66. The third-order valence-electron chi connectivity index (χ3n) is 13.2. The van der Waals surface area contributed by atoms with Gasteiger partial charge in [-0.3, -0.25) is 0 Å². The van der Waals surface area contributed by atoms with Crippen LogP contribution in [0.4, 0.5) is 4.79 Å². The van der Waals surface area contributed by atoms with Crippen LogP contribution in [0.25, 0.3) is 0 Å². The van der Waals surface area contributed by atoms with Crippen molar-refractivity contribution in [1.82, 2.24) is 5.32 Å². The molecule has 6 nitrogen and oxygen atoms in total. The van der Waals surface area contributed by atoms with Gasteiger partial charge in [0, 0.05) is 12.0 Å². The van der Waals surface area contributed by atoms with E-state index in [2.05, 4.69) is 33.0 Å². The third kappa shape index (κ3) is 2.56. The van der Waals surface area contributed by atoms with Crippen LogP contribution in [0.2, 0.25) is 0 Å². The molecule has 0 aromatic carbocycles. The molecule has 5 saturated carbocycles. The Balaban J connectivity index is 1.29. The third-order valence-corrected chi connectivity index (χ3v) is 13.2. The van der Waals surface area contributed by atoms with Gasteiger partial charge in [0.1, 0.15) is 0 Å². The number of hydrogen-bond donors (Lipinski definition) is 3. The molecular formula is C28H45NO5. The zero-order chi connectivity index (χ0) is 24.3.